The molecule has 2 aromatic heterocycles. The van der Waals surface area contributed by atoms with Gasteiger partial charge in [-0.3, -0.25) is 19.7 Å². The van der Waals surface area contributed by atoms with Crippen LogP contribution in [0.4, 0.5) is 23.0 Å². The van der Waals surface area contributed by atoms with Gasteiger partial charge in [-0.15, -0.1) is 0 Å². The fourth-order valence-electron chi connectivity index (χ4n) is 4.00. The van der Waals surface area contributed by atoms with Crippen LogP contribution in [0.15, 0.2) is 47.3 Å². The molecule has 0 bridgehead atoms. The maximum absolute atomic E-state index is 13.0. The number of likely N-dealkylation sites (N-methyl/N-ethyl adjacent to an activating group) is 1. The van der Waals surface area contributed by atoms with E-state index in [4.69, 9.17) is 9.15 Å². The highest BCUT2D eigenvalue weighted by Crippen LogP contribution is 2.35. The van der Waals surface area contributed by atoms with Gasteiger partial charge in [0.25, 0.3) is 0 Å². The second-order valence-electron chi connectivity index (χ2n) is 8.51. The number of hydrogen-bond acceptors (Lipinski definition) is 10. The van der Waals surface area contributed by atoms with E-state index in [1.54, 1.807) is 30.9 Å². The van der Waals surface area contributed by atoms with Gasteiger partial charge >= 0.3 is 11.7 Å². The lowest BCUT2D eigenvalue weighted by Gasteiger charge is -2.25. The van der Waals surface area contributed by atoms with Gasteiger partial charge in [0.15, 0.2) is 0 Å². The Labute approximate surface area is 220 Å². The van der Waals surface area contributed by atoms with E-state index in [2.05, 4.69) is 15.3 Å². The number of para-hydroxylation sites is 1. The summed E-state index contributed by atoms with van der Waals surface area (Å²) < 4.78 is 10.5. The zero-order valence-electron chi connectivity index (χ0n) is 22.0. The monoisotopic (exact) mass is 524 g/mol. The van der Waals surface area contributed by atoms with E-state index < -0.39 is 10.9 Å². The number of nitrogens with zero attached hydrogens (tertiary/aromatic N) is 5. The molecule has 0 fully saturated rings. The van der Waals surface area contributed by atoms with E-state index in [1.165, 1.54) is 17.5 Å². The lowest BCUT2D eigenvalue weighted by Crippen LogP contribution is -2.35. The Morgan fingerprint density at radius 1 is 1.08 bits per heavy atom. The van der Waals surface area contributed by atoms with E-state index in [9.17, 15) is 19.7 Å². The number of nitro groups is 1. The maximum Gasteiger partial charge on any atom is 0.353 e. The molecule has 38 heavy (non-hydrogen) atoms. The van der Waals surface area contributed by atoms with Gasteiger partial charge in [0.05, 0.1) is 37.3 Å². The Bertz CT molecular complexity index is 1240. The number of hydrogen-bond donors (Lipinski definition) is 1. The molecule has 3 aromatic rings. The SMILES string of the molecule is CCOC(=O)CCN(Cc1ccco1)c1ncnc(N(CC)CC(=O)Nc2c(C)cccc2C)c1[N+](=O)[O-]. The molecule has 0 saturated heterocycles. The number of nitrogens with one attached hydrogen (secondary N) is 1. The first-order valence-electron chi connectivity index (χ1n) is 12.3. The fourth-order valence-corrected chi connectivity index (χ4v) is 4.00. The number of benzene rings is 1. The van der Waals surface area contributed by atoms with Crippen molar-refractivity contribution in [3.63, 3.8) is 0 Å². The number of furan rings is 1. The summed E-state index contributed by atoms with van der Waals surface area (Å²) in [5.41, 5.74) is 2.15. The summed E-state index contributed by atoms with van der Waals surface area (Å²) >= 11 is 0. The van der Waals surface area contributed by atoms with Gasteiger partial charge in [-0.25, -0.2) is 9.97 Å². The molecular formula is C26H32N6O6. The third kappa shape index (κ3) is 7.05. The second-order valence-corrected chi connectivity index (χ2v) is 8.51. The predicted octanol–water partition coefficient (Wildman–Crippen LogP) is 4.02. The number of aromatic nitrogens is 2. The molecule has 2 heterocycles. The minimum Gasteiger partial charge on any atom is -0.467 e. The summed E-state index contributed by atoms with van der Waals surface area (Å²) in [4.78, 5) is 48.3. The lowest BCUT2D eigenvalue weighted by atomic mass is 10.1. The van der Waals surface area contributed by atoms with Crippen molar-refractivity contribution in [3.05, 3.63) is 69.9 Å². The maximum atomic E-state index is 13.0. The smallest absolute Gasteiger partial charge is 0.353 e. The van der Waals surface area contributed by atoms with Crippen LogP contribution in [0.25, 0.3) is 0 Å². The van der Waals surface area contributed by atoms with Crippen molar-refractivity contribution in [2.75, 3.05) is 41.4 Å². The number of aryl methyl sites for hydroxylation is 2. The normalized spacial score (nSPS) is 10.6. The molecule has 1 N–H and O–H groups in total. The van der Waals surface area contributed by atoms with Gasteiger partial charge in [0, 0.05) is 18.8 Å². The number of amides is 1. The molecule has 0 aliphatic heterocycles. The van der Waals surface area contributed by atoms with Crippen molar-refractivity contribution >= 4 is 34.9 Å². The Morgan fingerprint density at radius 3 is 2.34 bits per heavy atom. The van der Waals surface area contributed by atoms with Crippen molar-refractivity contribution in [2.45, 2.75) is 40.7 Å². The Hall–Kier alpha value is -4.48. The van der Waals surface area contributed by atoms with E-state index in [1.807, 2.05) is 32.0 Å². The topological polar surface area (TPSA) is 144 Å². The van der Waals surface area contributed by atoms with Gasteiger partial charge in [0.2, 0.25) is 17.5 Å². The molecule has 0 unspecified atom stereocenters. The lowest BCUT2D eigenvalue weighted by molar-refractivity contribution is -0.383. The third-order valence-corrected chi connectivity index (χ3v) is 5.84. The van der Waals surface area contributed by atoms with Crippen LogP contribution < -0.4 is 15.1 Å². The van der Waals surface area contributed by atoms with Crippen LogP contribution in [0.1, 0.15) is 37.2 Å². The molecule has 0 saturated carbocycles. The summed E-state index contributed by atoms with van der Waals surface area (Å²) in [7, 11) is 0. The molecule has 202 valence electrons. The molecular weight excluding hydrogens is 492 g/mol. The predicted molar refractivity (Wildman–Crippen MR) is 142 cm³/mol. The number of ether oxygens (including phenoxy) is 1. The van der Waals surface area contributed by atoms with E-state index in [-0.39, 0.29) is 62.4 Å². The Morgan fingerprint density at radius 2 is 1.76 bits per heavy atom. The summed E-state index contributed by atoms with van der Waals surface area (Å²) in [6.45, 7) is 7.83. The molecule has 0 spiro atoms. The molecule has 0 atom stereocenters. The van der Waals surface area contributed by atoms with Crippen LogP contribution in [0.2, 0.25) is 0 Å². The Kier molecular flexibility index (Phi) is 9.74. The minimum absolute atomic E-state index is 0.000245. The van der Waals surface area contributed by atoms with Crippen LogP contribution in [0.3, 0.4) is 0 Å². The highest BCUT2D eigenvalue weighted by molar-refractivity contribution is 5.95. The van der Waals surface area contributed by atoms with Crippen LogP contribution >= 0.6 is 0 Å². The number of esters is 1. The van der Waals surface area contributed by atoms with Gasteiger partial charge in [-0.05, 0) is 51.0 Å². The zero-order chi connectivity index (χ0) is 27.7. The molecule has 12 nitrogen and oxygen atoms in total. The molecule has 0 aliphatic rings. The largest absolute Gasteiger partial charge is 0.467 e. The van der Waals surface area contributed by atoms with E-state index in [0.717, 1.165) is 11.1 Å². The highest BCUT2D eigenvalue weighted by atomic mass is 16.6. The summed E-state index contributed by atoms with van der Waals surface area (Å²) in [6.07, 6.45) is 2.69. The Balaban J connectivity index is 1.93. The minimum atomic E-state index is -0.573. The molecule has 3 rings (SSSR count). The zero-order valence-corrected chi connectivity index (χ0v) is 22.0. The first-order valence-corrected chi connectivity index (χ1v) is 12.3. The van der Waals surface area contributed by atoms with Gasteiger partial charge in [-0.2, -0.15) is 0 Å². The third-order valence-electron chi connectivity index (χ3n) is 5.84. The number of anilines is 3. The average Bonchev–Trinajstić information content (AvgIpc) is 3.40. The van der Waals surface area contributed by atoms with Crippen LogP contribution in [0, 0.1) is 24.0 Å². The highest BCUT2D eigenvalue weighted by Gasteiger charge is 2.31. The van der Waals surface area contributed by atoms with Crippen molar-refractivity contribution < 1.29 is 23.7 Å². The van der Waals surface area contributed by atoms with Crippen molar-refractivity contribution in [2.24, 2.45) is 0 Å². The fraction of sp³-hybridized carbons (Fsp3) is 0.385. The average molecular weight is 525 g/mol. The van der Waals surface area contributed by atoms with E-state index >= 15 is 0 Å². The summed E-state index contributed by atoms with van der Waals surface area (Å²) in [6, 6.07) is 9.12. The standard InChI is InChI=1S/C26H32N6O6/c1-5-30(16-21(33)29-23-18(3)9-7-10-19(23)4)25-24(32(35)36)26(28-17-27-25)31(13-12-22(34)37-6-2)15-20-11-8-14-38-20/h7-11,14,17H,5-6,12-13,15-16H2,1-4H3,(H,29,33). The van der Waals surface area contributed by atoms with Gasteiger partial charge in [-0.1, -0.05) is 18.2 Å². The van der Waals surface area contributed by atoms with Gasteiger partial charge < -0.3 is 24.3 Å². The van der Waals surface area contributed by atoms with Crippen molar-refractivity contribution in [1.82, 2.24) is 9.97 Å². The first-order chi connectivity index (χ1) is 18.2. The molecule has 0 aliphatic carbocycles. The quantitative estimate of drug-likeness (QED) is 0.198. The van der Waals surface area contributed by atoms with Crippen molar-refractivity contribution in [1.29, 1.82) is 0 Å². The molecule has 1 aromatic carbocycles. The number of carbonyl (C=O) groups is 2. The number of carbonyl (C=O) groups excluding carboxylic acids is 2. The summed E-state index contributed by atoms with van der Waals surface area (Å²) in [5, 5.41) is 15.2. The van der Waals surface area contributed by atoms with E-state index in [0.29, 0.717) is 11.4 Å². The second kappa shape index (κ2) is 13.2. The summed E-state index contributed by atoms with van der Waals surface area (Å²) in [5.74, 6) is -0.238. The molecule has 12 heteroatoms. The van der Waals surface area contributed by atoms with Crippen LogP contribution in [-0.2, 0) is 20.9 Å². The first kappa shape index (κ1) is 28.1. The number of rotatable bonds is 13. The molecule has 0 radical (unpaired) electrons. The van der Waals surface area contributed by atoms with Gasteiger partial charge in [0.1, 0.15) is 12.1 Å². The van der Waals surface area contributed by atoms with Crippen molar-refractivity contribution in [3.8, 4) is 0 Å². The molecule has 1 amide bonds. The van der Waals surface area contributed by atoms with Crippen LogP contribution in [0.5, 0.6) is 0 Å². The van der Waals surface area contributed by atoms with Crippen LogP contribution in [-0.4, -0.2) is 53.0 Å².